The Balaban J connectivity index is 1.74. The lowest BCUT2D eigenvalue weighted by molar-refractivity contribution is 0.365. The van der Waals surface area contributed by atoms with E-state index < -0.39 is 0 Å². The molecular formula is C26H29F. The number of halogens is 1. The lowest BCUT2D eigenvalue weighted by Crippen LogP contribution is -2.25. The Morgan fingerprint density at radius 3 is 1.74 bits per heavy atom. The maximum Gasteiger partial charge on any atom is 0.126 e. The smallest absolute Gasteiger partial charge is 0.126 e. The van der Waals surface area contributed by atoms with Crippen LogP contribution in [0.5, 0.6) is 0 Å². The van der Waals surface area contributed by atoms with E-state index in [4.69, 9.17) is 0 Å². The van der Waals surface area contributed by atoms with Crippen molar-refractivity contribution >= 4 is 0 Å². The Morgan fingerprint density at radius 2 is 1.11 bits per heavy atom. The van der Waals surface area contributed by atoms with Gasteiger partial charge in [0.15, 0.2) is 0 Å². The molecule has 0 aliphatic heterocycles. The third-order valence-corrected chi connectivity index (χ3v) is 5.75. The highest BCUT2D eigenvalue weighted by atomic mass is 19.1. The van der Waals surface area contributed by atoms with Crippen molar-refractivity contribution in [3.8, 4) is 11.1 Å². The van der Waals surface area contributed by atoms with Crippen molar-refractivity contribution in [2.75, 3.05) is 0 Å². The zero-order chi connectivity index (χ0) is 19.5. The van der Waals surface area contributed by atoms with Crippen LogP contribution in [0.2, 0.25) is 0 Å². The molecule has 0 heterocycles. The van der Waals surface area contributed by atoms with Gasteiger partial charge in [-0.25, -0.2) is 4.39 Å². The molecule has 0 aliphatic carbocycles. The van der Waals surface area contributed by atoms with Gasteiger partial charge in [-0.15, -0.1) is 0 Å². The van der Waals surface area contributed by atoms with Gasteiger partial charge < -0.3 is 0 Å². The van der Waals surface area contributed by atoms with Crippen molar-refractivity contribution in [3.63, 3.8) is 0 Å². The van der Waals surface area contributed by atoms with E-state index in [-0.39, 0.29) is 16.6 Å². The number of rotatable bonds is 6. The third kappa shape index (κ3) is 4.47. The van der Waals surface area contributed by atoms with Crippen LogP contribution in [0.25, 0.3) is 11.1 Å². The van der Waals surface area contributed by atoms with E-state index in [0.29, 0.717) is 0 Å². The number of hydrogen-bond donors (Lipinski definition) is 0. The highest BCUT2D eigenvalue weighted by Gasteiger charge is 2.28. The van der Waals surface area contributed by atoms with Crippen LogP contribution in [0, 0.1) is 5.82 Å². The van der Waals surface area contributed by atoms with Crippen LogP contribution < -0.4 is 0 Å². The van der Waals surface area contributed by atoms with Gasteiger partial charge in [0.05, 0.1) is 0 Å². The molecule has 0 N–H and O–H groups in total. The molecule has 3 aromatic rings. The monoisotopic (exact) mass is 360 g/mol. The van der Waals surface area contributed by atoms with E-state index in [1.807, 2.05) is 18.2 Å². The quantitative estimate of drug-likeness (QED) is 0.426. The van der Waals surface area contributed by atoms with Gasteiger partial charge in [0.25, 0.3) is 0 Å². The van der Waals surface area contributed by atoms with Gasteiger partial charge in [-0.1, -0.05) is 100 Å². The predicted molar refractivity (Wildman–Crippen MR) is 114 cm³/mol. The molecule has 0 aliphatic rings. The summed E-state index contributed by atoms with van der Waals surface area (Å²) < 4.78 is 14.2. The fraction of sp³-hybridized carbons (Fsp3) is 0.308. The highest BCUT2D eigenvalue weighted by Crippen LogP contribution is 2.37. The SMILES string of the molecule is CC(C)(CCC(C)(C)c1ccccc1F)c1ccc(-c2ccccc2)cc1. The maximum atomic E-state index is 14.2. The molecule has 0 bridgehead atoms. The van der Waals surface area contributed by atoms with Gasteiger partial charge in [0, 0.05) is 0 Å². The average Bonchev–Trinajstić information content (AvgIpc) is 2.68. The normalized spacial score (nSPS) is 12.2. The molecule has 0 amide bonds. The number of benzene rings is 3. The second kappa shape index (κ2) is 7.68. The summed E-state index contributed by atoms with van der Waals surface area (Å²) in [5.41, 5.74) is 4.46. The largest absolute Gasteiger partial charge is 0.207 e. The van der Waals surface area contributed by atoms with Crippen LogP contribution in [-0.2, 0) is 10.8 Å². The minimum Gasteiger partial charge on any atom is -0.207 e. The molecule has 0 nitrogen and oxygen atoms in total. The van der Waals surface area contributed by atoms with Crippen LogP contribution in [0.15, 0.2) is 78.9 Å². The topological polar surface area (TPSA) is 0 Å². The fourth-order valence-corrected chi connectivity index (χ4v) is 3.66. The molecule has 0 fully saturated rings. The summed E-state index contributed by atoms with van der Waals surface area (Å²) >= 11 is 0. The van der Waals surface area contributed by atoms with E-state index in [9.17, 15) is 4.39 Å². The van der Waals surface area contributed by atoms with Crippen LogP contribution in [0.3, 0.4) is 0 Å². The number of hydrogen-bond acceptors (Lipinski definition) is 0. The van der Waals surface area contributed by atoms with Crippen molar-refractivity contribution < 1.29 is 4.39 Å². The van der Waals surface area contributed by atoms with E-state index in [1.165, 1.54) is 16.7 Å². The summed E-state index contributed by atoms with van der Waals surface area (Å²) in [5.74, 6) is -0.104. The lowest BCUT2D eigenvalue weighted by atomic mass is 9.72. The molecule has 140 valence electrons. The molecular weight excluding hydrogens is 331 g/mol. The van der Waals surface area contributed by atoms with Crippen molar-refractivity contribution in [1.29, 1.82) is 0 Å². The fourth-order valence-electron chi connectivity index (χ4n) is 3.66. The first-order chi connectivity index (χ1) is 12.8. The van der Waals surface area contributed by atoms with Gasteiger partial charge in [-0.3, -0.25) is 0 Å². The van der Waals surface area contributed by atoms with E-state index in [2.05, 4.69) is 76.2 Å². The molecule has 0 saturated heterocycles. The first-order valence-electron chi connectivity index (χ1n) is 9.71. The summed E-state index contributed by atoms with van der Waals surface area (Å²) in [6.07, 6.45) is 1.93. The Bertz CT molecular complexity index is 874. The summed E-state index contributed by atoms with van der Waals surface area (Å²) in [4.78, 5) is 0. The second-order valence-corrected chi connectivity index (χ2v) is 8.69. The Labute approximate surface area is 163 Å². The van der Waals surface area contributed by atoms with Gasteiger partial charge in [-0.2, -0.15) is 0 Å². The molecule has 0 unspecified atom stereocenters. The first-order valence-corrected chi connectivity index (χ1v) is 9.71. The summed E-state index contributed by atoms with van der Waals surface area (Å²) in [6, 6.07) is 26.5. The van der Waals surface area contributed by atoms with Crippen molar-refractivity contribution in [3.05, 3.63) is 95.8 Å². The first kappa shape index (κ1) is 19.4. The van der Waals surface area contributed by atoms with Crippen LogP contribution in [0.4, 0.5) is 4.39 Å². The van der Waals surface area contributed by atoms with Gasteiger partial charge in [0.1, 0.15) is 5.82 Å². The Morgan fingerprint density at radius 1 is 0.593 bits per heavy atom. The highest BCUT2D eigenvalue weighted by molar-refractivity contribution is 5.63. The molecule has 0 radical (unpaired) electrons. The molecule has 3 aromatic carbocycles. The Hall–Kier alpha value is -2.41. The minimum atomic E-state index is -0.188. The molecule has 0 spiro atoms. The maximum absolute atomic E-state index is 14.2. The Kier molecular flexibility index (Phi) is 5.51. The third-order valence-electron chi connectivity index (χ3n) is 5.75. The summed E-state index contributed by atoms with van der Waals surface area (Å²) in [7, 11) is 0. The van der Waals surface area contributed by atoms with Crippen LogP contribution >= 0.6 is 0 Å². The van der Waals surface area contributed by atoms with E-state index >= 15 is 0 Å². The summed E-state index contributed by atoms with van der Waals surface area (Å²) in [5, 5.41) is 0. The molecule has 0 aromatic heterocycles. The van der Waals surface area contributed by atoms with Crippen LogP contribution in [0.1, 0.15) is 51.7 Å². The molecule has 1 heteroatoms. The minimum absolute atomic E-state index is 0.0394. The van der Waals surface area contributed by atoms with Crippen molar-refractivity contribution in [1.82, 2.24) is 0 Å². The zero-order valence-corrected chi connectivity index (χ0v) is 16.8. The van der Waals surface area contributed by atoms with E-state index in [1.54, 1.807) is 12.1 Å². The van der Waals surface area contributed by atoms with Crippen molar-refractivity contribution in [2.45, 2.75) is 51.4 Å². The molecule has 0 saturated carbocycles. The van der Waals surface area contributed by atoms with Gasteiger partial charge >= 0.3 is 0 Å². The predicted octanol–water partition coefficient (Wildman–Crippen LogP) is 7.53. The lowest BCUT2D eigenvalue weighted by Gasteiger charge is -2.32. The zero-order valence-electron chi connectivity index (χ0n) is 16.8. The van der Waals surface area contributed by atoms with Gasteiger partial charge in [0.2, 0.25) is 0 Å². The average molecular weight is 361 g/mol. The molecule has 27 heavy (non-hydrogen) atoms. The molecule has 0 atom stereocenters. The van der Waals surface area contributed by atoms with Crippen LogP contribution in [-0.4, -0.2) is 0 Å². The molecule has 3 rings (SSSR count). The van der Waals surface area contributed by atoms with Gasteiger partial charge in [-0.05, 0) is 52.0 Å². The second-order valence-electron chi connectivity index (χ2n) is 8.69. The summed E-state index contributed by atoms with van der Waals surface area (Å²) in [6.45, 7) is 8.84. The van der Waals surface area contributed by atoms with Crippen molar-refractivity contribution in [2.24, 2.45) is 0 Å². The standard InChI is InChI=1S/C26H29F/c1-25(2,18-19-26(3,4)23-12-8-9-13-24(23)27)22-16-14-21(15-17-22)20-10-6-5-7-11-20/h5-17H,18-19H2,1-4H3. The van der Waals surface area contributed by atoms with E-state index in [0.717, 1.165) is 18.4 Å².